The van der Waals surface area contributed by atoms with E-state index in [2.05, 4.69) is 29.1 Å². The van der Waals surface area contributed by atoms with E-state index < -0.39 is 0 Å². The summed E-state index contributed by atoms with van der Waals surface area (Å²) < 4.78 is 0. The lowest BCUT2D eigenvalue weighted by Crippen LogP contribution is -2.43. The molecule has 80 valence electrons. The van der Waals surface area contributed by atoms with Gasteiger partial charge in [-0.25, -0.2) is 0 Å². The van der Waals surface area contributed by atoms with Crippen molar-refractivity contribution in [1.29, 1.82) is 0 Å². The number of nitrogens with one attached hydrogen (secondary N) is 1. The van der Waals surface area contributed by atoms with Gasteiger partial charge in [0.15, 0.2) is 5.96 Å². The van der Waals surface area contributed by atoms with Crippen molar-refractivity contribution in [3.63, 3.8) is 0 Å². The van der Waals surface area contributed by atoms with Gasteiger partial charge in [-0.3, -0.25) is 15.3 Å². The molecule has 0 saturated heterocycles. The molecule has 1 aliphatic rings. The lowest BCUT2D eigenvalue weighted by Gasteiger charge is -2.14. The minimum absolute atomic E-state index is 0.450. The number of hydrogen-bond acceptors (Lipinski definition) is 3. The van der Waals surface area contributed by atoms with Crippen LogP contribution < -0.4 is 11.1 Å². The van der Waals surface area contributed by atoms with Gasteiger partial charge in [0.25, 0.3) is 0 Å². The Kier molecular flexibility index (Phi) is 3.73. The summed E-state index contributed by atoms with van der Waals surface area (Å²) in [5.74, 6) is 1.79. The van der Waals surface area contributed by atoms with E-state index in [-0.39, 0.29) is 0 Å². The SMILES string of the molecule is CC(C)CN=C(N)NC1=NCCN1C. The van der Waals surface area contributed by atoms with Crippen molar-refractivity contribution in [2.24, 2.45) is 21.6 Å². The molecule has 0 saturated carbocycles. The van der Waals surface area contributed by atoms with Crippen molar-refractivity contribution in [2.75, 3.05) is 26.7 Å². The Morgan fingerprint density at radius 2 is 2.43 bits per heavy atom. The highest BCUT2D eigenvalue weighted by atomic mass is 15.3. The average Bonchev–Trinajstić information content (AvgIpc) is 2.49. The predicted octanol–water partition coefficient (Wildman–Crippen LogP) is -0.152. The van der Waals surface area contributed by atoms with Crippen LogP contribution in [0.4, 0.5) is 0 Å². The minimum atomic E-state index is 0.450. The monoisotopic (exact) mass is 197 g/mol. The molecule has 1 heterocycles. The fourth-order valence-electron chi connectivity index (χ4n) is 1.10. The quantitative estimate of drug-likeness (QED) is 0.478. The first-order chi connectivity index (χ1) is 6.59. The Morgan fingerprint density at radius 1 is 1.71 bits per heavy atom. The van der Waals surface area contributed by atoms with Crippen molar-refractivity contribution in [3.05, 3.63) is 0 Å². The molecule has 1 rings (SSSR count). The molecular formula is C9H19N5. The number of likely N-dealkylation sites (N-methyl/N-ethyl adjacent to an activating group) is 1. The predicted molar refractivity (Wildman–Crippen MR) is 59.4 cm³/mol. The van der Waals surface area contributed by atoms with Gasteiger partial charge in [0, 0.05) is 20.1 Å². The summed E-state index contributed by atoms with van der Waals surface area (Å²) in [7, 11) is 1.98. The maximum atomic E-state index is 5.70. The number of hydrogen-bond donors (Lipinski definition) is 2. The molecule has 0 amide bonds. The second-order valence-electron chi connectivity index (χ2n) is 3.87. The first-order valence-corrected chi connectivity index (χ1v) is 4.92. The van der Waals surface area contributed by atoms with Crippen molar-refractivity contribution in [3.8, 4) is 0 Å². The maximum absolute atomic E-state index is 5.70. The first kappa shape index (κ1) is 10.8. The van der Waals surface area contributed by atoms with Crippen molar-refractivity contribution >= 4 is 11.9 Å². The molecule has 5 nitrogen and oxygen atoms in total. The summed E-state index contributed by atoms with van der Waals surface area (Å²) in [5.41, 5.74) is 5.70. The smallest absolute Gasteiger partial charge is 0.200 e. The van der Waals surface area contributed by atoms with Crippen LogP contribution >= 0.6 is 0 Å². The first-order valence-electron chi connectivity index (χ1n) is 4.92. The van der Waals surface area contributed by atoms with E-state index >= 15 is 0 Å². The van der Waals surface area contributed by atoms with Gasteiger partial charge in [-0.05, 0) is 5.92 Å². The van der Waals surface area contributed by atoms with Crippen molar-refractivity contribution < 1.29 is 0 Å². The number of nitrogens with two attached hydrogens (primary N) is 1. The molecule has 0 spiro atoms. The molecule has 0 unspecified atom stereocenters. The maximum Gasteiger partial charge on any atom is 0.200 e. The Morgan fingerprint density at radius 3 is 2.93 bits per heavy atom. The van der Waals surface area contributed by atoms with Crippen LogP contribution in [0, 0.1) is 5.92 Å². The molecule has 0 aromatic rings. The second-order valence-corrected chi connectivity index (χ2v) is 3.87. The van der Waals surface area contributed by atoms with E-state index in [0.29, 0.717) is 11.9 Å². The van der Waals surface area contributed by atoms with Gasteiger partial charge in [0.2, 0.25) is 5.96 Å². The third-order valence-corrected chi connectivity index (χ3v) is 1.93. The third kappa shape index (κ3) is 3.24. The normalized spacial score (nSPS) is 17.6. The third-order valence-electron chi connectivity index (χ3n) is 1.93. The Bertz CT molecular complexity index is 244. The summed E-state index contributed by atoms with van der Waals surface area (Å²) in [6.45, 7) is 6.73. The van der Waals surface area contributed by atoms with E-state index in [0.717, 1.165) is 25.6 Å². The molecule has 14 heavy (non-hydrogen) atoms. The number of nitrogens with zero attached hydrogens (tertiary/aromatic N) is 3. The molecule has 0 atom stereocenters. The standard InChI is InChI=1S/C9H19N5/c1-7(2)6-12-8(10)13-9-11-4-5-14(9)3/h7H,4-6H2,1-3H3,(H3,10,11,12,13). The molecule has 1 aliphatic heterocycles. The van der Waals surface area contributed by atoms with Gasteiger partial charge in [-0.2, -0.15) is 0 Å². The highest BCUT2D eigenvalue weighted by Gasteiger charge is 2.12. The van der Waals surface area contributed by atoms with E-state index in [1.807, 2.05) is 11.9 Å². The minimum Gasteiger partial charge on any atom is -0.370 e. The number of aliphatic imine (C=N–C) groups is 2. The average molecular weight is 197 g/mol. The molecule has 0 fully saturated rings. The Labute approximate surface area is 85.1 Å². The van der Waals surface area contributed by atoms with Crippen LogP contribution in [0.5, 0.6) is 0 Å². The van der Waals surface area contributed by atoms with Crippen LogP contribution in [-0.2, 0) is 0 Å². The molecule has 0 bridgehead atoms. The highest BCUT2D eigenvalue weighted by molar-refractivity contribution is 5.98. The van der Waals surface area contributed by atoms with Crippen molar-refractivity contribution in [1.82, 2.24) is 10.2 Å². The highest BCUT2D eigenvalue weighted by Crippen LogP contribution is 1.95. The lowest BCUT2D eigenvalue weighted by atomic mass is 10.2. The van der Waals surface area contributed by atoms with E-state index in [4.69, 9.17) is 5.73 Å². The fourth-order valence-corrected chi connectivity index (χ4v) is 1.10. The lowest BCUT2D eigenvalue weighted by molar-refractivity contribution is 0.545. The van der Waals surface area contributed by atoms with E-state index in [1.54, 1.807) is 0 Å². The van der Waals surface area contributed by atoms with Gasteiger partial charge in [-0.1, -0.05) is 13.8 Å². The van der Waals surface area contributed by atoms with Crippen LogP contribution in [0.25, 0.3) is 0 Å². The summed E-state index contributed by atoms with van der Waals surface area (Å²) in [6, 6.07) is 0. The zero-order valence-electron chi connectivity index (χ0n) is 9.12. The van der Waals surface area contributed by atoms with Gasteiger partial charge < -0.3 is 10.6 Å². The summed E-state index contributed by atoms with van der Waals surface area (Å²) in [4.78, 5) is 10.5. The summed E-state index contributed by atoms with van der Waals surface area (Å²) in [5, 5.41) is 2.99. The molecular weight excluding hydrogens is 178 g/mol. The molecule has 0 aromatic carbocycles. The van der Waals surface area contributed by atoms with Crippen LogP contribution in [-0.4, -0.2) is 43.5 Å². The second kappa shape index (κ2) is 4.83. The van der Waals surface area contributed by atoms with Crippen LogP contribution in [0.15, 0.2) is 9.98 Å². The van der Waals surface area contributed by atoms with Gasteiger partial charge >= 0.3 is 0 Å². The Hall–Kier alpha value is -1.26. The van der Waals surface area contributed by atoms with Gasteiger partial charge in [0.05, 0.1) is 6.54 Å². The van der Waals surface area contributed by atoms with E-state index in [1.165, 1.54) is 0 Å². The van der Waals surface area contributed by atoms with Crippen LogP contribution in [0.2, 0.25) is 0 Å². The van der Waals surface area contributed by atoms with Crippen LogP contribution in [0.1, 0.15) is 13.8 Å². The molecule has 3 N–H and O–H groups in total. The summed E-state index contributed by atoms with van der Waals surface area (Å²) in [6.07, 6.45) is 0. The van der Waals surface area contributed by atoms with Crippen molar-refractivity contribution in [2.45, 2.75) is 13.8 Å². The molecule has 0 aromatic heterocycles. The molecule has 0 radical (unpaired) electrons. The zero-order chi connectivity index (χ0) is 10.6. The Balaban J connectivity index is 2.40. The van der Waals surface area contributed by atoms with E-state index in [9.17, 15) is 0 Å². The topological polar surface area (TPSA) is 66.0 Å². The number of guanidine groups is 2. The molecule has 0 aliphatic carbocycles. The van der Waals surface area contributed by atoms with Gasteiger partial charge in [-0.15, -0.1) is 0 Å². The molecule has 5 heteroatoms. The zero-order valence-corrected chi connectivity index (χ0v) is 9.12. The fraction of sp³-hybridized carbons (Fsp3) is 0.778. The summed E-state index contributed by atoms with van der Waals surface area (Å²) >= 11 is 0. The largest absolute Gasteiger partial charge is 0.370 e. The van der Waals surface area contributed by atoms with Crippen LogP contribution in [0.3, 0.4) is 0 Å². The van der Waals surface area contributed by atoms with Gasteiger partial charge in [0.1, 0.15) is 0 Å². The number of rotatable bonds is 2.